The van der Waals surface area contributed by atoms with Crippen LogP contribution in [0.1, 0.15) is 29.5 Å². The van der Waals surface area contributed by atoms with E-state index in [1.807, 2.05) is 12.1 Å². The Bertz CT molecular complexity index is 709. The number of nitrogens with one attached hydrogen (secondary N) is 1. The fraction of sp³-hybridized carbons (Fsp3) is 0.294. The third-order valence-corrected chi connectivity index (χ3v) is 3.70. The van der Waals surface area contributed by atoms with E-state index in [-0.39, 0.29) is 5.91 Å². The molecule has 2 aromatic rings. The van der Waals surface area contributed by atoms with Crippen molar-refractivity contribution in [3.05, 3.63) is 47.9 Å². The van der Waals surface area contributed by atoms with Gasteiger partial charge in [-0.05, 0) is 49.6 Å². The summed E-state index contributed by atoms with van der Waals surface area (Å²) in [5.74, 6) is 0.130. The van der Waals surface area contributed by atoms with Gasteiger partial charge in [0.05, 0.1) is 12.9 Å². The van der Waals surface area contributed by atoms with Gasteiger partial charge in [0.15, 0.2) is 5.76 Å². The molecule has 0 bridgehead atoms. The molecule has 1 aliphatic heterocycles. The van der Waals surface area contributed by atoms with Crippen LogP contribution in [-0.4, -0.2) is 25.2 Å². The summed E-state index contributed by atoms with van der Waals surface area (Å²) in [7, 11) is 0. The Morgan fingerprint density at radius 3 is 2.96 bits per heavy atom. The van der Waals surface area contributed by atoms with Gasteiger partial charge in [0.2, 0.25) is 0 Å². The normalized spacial score (nSPS) is 13.3. The number of aryl methyl sites for hydroxylation is 1. The summed E-state index contributed by atoms with van der Waals surface area (Å²) in [6.07, 6.45) is 2.77. The number of furan rings is 1. The molecule has 0 saturated carbocycles. The monoisotopic (exact) mass is 314 g/mol. The summed E-state index contributed by atoms with van der Waals surface area (Å²) in [5.41, 5.74) is 2.47. The van der Waals surface area contributed by atoms with E-state index in [4.69, 9.17) is 9.15 Å². The van der Waals surface area contributed by atoms with Crippen molar-refractivity contribution in [1.29, 1.82) is 0 Å². The molecule has 6 heteroatoms. The molecule has 0 unspecified atom stereocenters. The highest BCUT2D eigenvalue weighted by atomic mass is 16.5. The highest BCUT2D eigenvalue weighted by Gasteiger charge is 2.25. The number of carbonyl (C=O) groups excluding carboxylic acids is 2. The van der Waals surface area contributed by atoms with E-state index in [2.05, 4.69) is 5.32 Å². The summed E-state index contributed by atoms with van der Waals surface area (Å²) in [4.78, 5) is 25.8. The first kappa shape index (κ1) is 15.1. The zero-order valence-electron chi connectivity index (χ0n) is 12.9. The Balaban J connectivity index is 1.87. The second kappa shape index (κ2) is 6.56. The molecule has 1 aliphatic rings. The van der Waals surface area contributed by atoms with Crippen LogP contribution in [0, 0.1) is 0 Å². The maximum absolute atomic E-state index is 12.6. The van der Waals surface area contributed by atoms with E-state index in [9.17, 15) is 9.59 Å². The third kappa shape index (κ3) is 3.21. The quantitative estimate of drug-likeness (QED) is 0.942. The molecule has 0 atom stereocenters. The van der Waals surface area contributed by atoms with Gasteiger partial charge in [0, 0.05) is 17.9 Å². The van der Waals surface area contributed by atoms with Crippen molar-refractivity contribution in [3.63, 3.8) is 0 Å². The van der Waals surface area contributed by atoms with Crippen molar-refractivity contribution in [2.45, 2.75) is 19.8 Å². The standard InChI is InChI=1S/C17H18N2O4/c1-2-22-17(21)18-13-8-7-12-5-3-9-19(14(12)11-13)16(20)15-6-4-10-23-15/h4,6-8,10-11H,2-3,5,9H2,1H3,(H,18,21). The molecule has 2 heterocycles. The van der Waals surface area contributed by atoms with Crippen LogP contribution in [0.4, 0.5) is 16.2 Å². The molecule has 120 valence electrons. The molecule has 1 aromatic carbocycles. The molecule has 6 nitrogen and oxygen atoms in total. The molecular weight excluding hydrogens is 296 g/mol. The number of carbonyl (C=O) groups is 2. The number of fused-ring (bicyclic) bond motifs is 1. The fourth-order valence-corrected chi connectivity index (χ4v) is 2.68. The minimum atomic E-state index is -0.507. The zero-order valence-corrected chi connectivity index (χ0v) is 12.9. The molecule has 2 amide bonds. The Morgan fingerprint density at radius 2 is 2.22 bits per heavy atom. The van der Waals surface area contributed by atoms with Crippen LogP contribution >= 0.6 is 0 Å². The summed E-state index contributed by atoms with van der Waals surface area (Å²) in [5, 5.41) is 2.66. The van der Waals surface area contributed by atoms with E-state index in [0.29, 0.717) is 24.6 Å². The van der Waals surface area contributed by atoms with E-state index in [1.165, 1.54) is 6.26 Å². The fourth-order valence-electron chi connectivity index (χ4n) is 2.68. The predicted octanol–water partition coefficient (Wildman–Crippen LogP) is 3.44. The van der Waals surface area contributed by atoms with E-state index in [1.54, 1.807) is 30.0 Å². The first-order valence-electron chi connectivity index (χ1n) is 7.61. The first-order chi connectivity index (χ1) is 11.2. The summed E-state index contributed by atoms with van der Waals surface area (Å²) >= 11 is 0. The molecule has 0 saturated heterocycles. The van der Waals surface area contributed by atoms with Crippen molar-refractivity contribution in [2.75, 3.05) is 23.4 Å². The first-order valence-corrected chi connectivity index (χ1v) is 7.61. The van der Waals surface area contributed by atoms with Crippen LogP contribution in [0.25, 0.3) is 0 Å². The molecular formula is C17H18N2O4. The summed E-state index contributed by atoms with van der Waals surface area (Å²) in [6.45, 7) is 2.67. The maximum Gasteiger partial charge on any atom is 0.411 e. The highest BCUT2D eigenvalue weighted by Crippen LogP contribution is 2.31. The van der Waals surface area contributed by atoms with E-state index < -0.39 is 6.09 Å². The van der Waals surface area contributed by atoms with Gasteiger partial charge in [0.25, 0.3) is 5.91 Å². The van der Waals surface area contributed by atoms with Gasteiger partial charge in [0.1, 0.15) is 0 Å². The number of amides is 2. The van der Waals surface area contributed by atoms with Crippen molar-refractivity contribution in [1.82, 2.24) is 0 Å². The average molecular weight is 314 g/mol. The molecule has 0 fully saturated rings. The SMILES string of the molecule is CCOC(=O)Nc1ccc2c(c1)N(C(=O)c1ccco1)CCC2. The second-order valence-corrected chi connectivity index (χ2v) is 5.23. The molecule has 0 radical (unpaired) electrons. The second-order valence-electron chi connectivity index (χ2n) is 5.23. The van der Waals surface area contributed by atoms with Gasteiger partial charge >= 0.3 is 6.09 Å². The van der Waals surface area contributed by atoms with Gasteiger partial charge in [-0.3, -0.25) is 10.1 Å². The molecule has 3 rings (SSSR count). The lowest BCUT2D eigenvalue weighted by molar-refractivity contribution is 0.0958. The Kier molecular flexibility index (Phi) is 4.32. The van der Waals surface area contributed by atoms with Crippen molar-refractivity contribution in [2.24, 2.45) is 0 Å². The van der Waals surface area contributed by atoms with E-state index in [0.717, 1.165) is 24.1 Å². The van der Waals surface area contributed by atoms with Crippen LogP contribution in [0.2, 0.25) is 0 Å². The lowest BCUT2D eigenvalue weighted by Crippen LogP contribution is -2.35. The number of benzene rings is 1. The van der Waals surface area contributed by atoms with Gasteiger partial charge < -0.3 is 14.1 Å². The van der Waals surface area contributed by atoms with Gasteiger partial charge in [-0.15, -0.1) is 0 Å². The average Bonchev–Trinajstić information content (AvgIpc) is 3.08. The molecule has 1 N–H and O–H groups in total. The molecule has 1 aromatic heterocycles. The maximum atomic E-state index is 12.6. The topological polar surface area (TPSA) is 71.8 Å². The number of ether oxygens (including phenoxy) is 1. The van der Waals surface area contributed by atoms with Crippen molar-refractivity contribution in [3.8, 4) is 0 Å². The summed E-state index contributed by atoms with van der Waals surface area (Å²) in [6, 6.07) is 8.88. The Hall–Kier alpha value is -2.76. The Labute approximate surface area is 134 Å². The van der Waals surface area contributed by atoms with Crippen LogP contribution in [0.3, 0.4) is 0 Å². The smallest absolute Gasteiger partial charge is 0.411 e. The predicted molar refractivity (Wildman–Crippen MR) is 85.8 cm³/mol. The lowest BCUT2D eigenvalue weighted by atomic mass is 10.0. The minimum Gasteiger partial charge on any atom is -0.459 e. The lowest BCUT2D eigenvalue weighted by Gasteiger charge is -2.29. The van der Waals surface area contributed by atoms with Crippen molar-refractivity contribution >= 4 is 23.4 Å². The van der Waals surface area contributed by atoms with Crippen LogP contribution in [0.5, 0.6) is 0 Å². The van der Waals surface area contributed by atoms with Gasteiger partial charge in [-0.25, -0.2) is 4.79 Å². The third-order valence-electron chi connectivity index (χ3n) is 3.70. The highest BCUT2D eigenvalue weighted by molar-refractivity contribution is 6.05. The van der Waals surface area contributed by atoms with Crippen LogP contribution < -0.4 is 10.2 Å². The molecule has 0 spiro atoms. The molecule has 0 aliphatic carbocycles. The van der Waals surface area contributed by atoms with Crippen molar-refractivity contribution < 1.29 is 18.7 Å². The number of nitrogens with zero attached hydrogens (tertiary/aromatic N) is 1. The van der Waals surface area contributed by atoms with Crippen LogP contribution in [-0.2, 0) is 11.2 Å². The van der Waals surface area contributed by atoms with Crippen LogP contribution in [0.15, 0.2) is 41.0 Å². The number of anilines is 2. The largest absolute Gasteiger partial charge is 0.459 e. The van der Waals surface area contributed by atoms with E-state index >= 15 is 0 Å². The zero-order chi connectivity index (χ0) is 16.2. The van der Waals surface area contributed by atoms with Gasteiger partial charge in [-0.2, -0.15) is 0 Å². The number of hydrogen-bond donors (Lipinski definition) is 1. The number of hydrogen-bond acceptors (Lipinski definition) is 4. The van der Waals surface area contributed by atoms with Gasteiger partial charge in [-0.1, -0.05) is 6.07 Å². The Morgan fingerprint density at radius 1 is 1.35 bits per heavy atom. The summed E-state index contributed by atoms with van der Waals surface area (Å²) < 4.78 is 10.1. The molecule has 23 heavy (non-hydrogen) atoms. The minimum absolute atomic E-state index is 0.177. The number of rotatable bonds is 3.